The molecule has 0 saturated heterocycles. The topological polar surface area (TPSA) is 69.6 Å². The van der Waals surface area contributed by atoms with Gasteiger partial charge in [0.15, 0.2) is 0 Å². The second kappa shape index (κ2) is 8.90. The lowest BCUT2D eigenvalue weighted by molar-refractivity contribution is -0.138. The Kier molecular flexibility index (Phi) is 7.54. The van der Waals surface area contributed by atoms with E-state index in [-0.39, 0.29) is 18.4 Å². The maximum absolute atomic E-state index is 12.3. The molecule has 5 nitrogen and oxygen atoms in total. The van der Waals surface area contributed by atoms with Crippen molar-refractivity contribution >= 4 is 12.0 Å². The molecule has 0 aromatic carbocycles. The smallest absolute Gasteiger partial charge is 0.317 e. The van der Waals surface area contributed by atoms with E-state index in [9.17, 15) is 9.59 Å². The Morgan fingerprint density at radius 2 is 1.90 bits per heavy atom. The number of carboxylic acid groups (broad SMARTS) is 1. The summed E-state index contributed by atoms with van der Waals surface area (Å²) in [6.07, 6.45) is 5.51. The van der Waals surface area contributed by atoms with Crippen LogP contribution in [0.3, 0.4) is 0 Å². The number of nitrogens with one attached hydrogen (secondary N) is 1. The van der Waals surface area contributed by atoms with Crippen molar-refractivity contribution < 1.29 is 14.7 Å². The van der Waals surface area contributed by atoms with Gasteiger partial charge in [0, 0.05) is 25.6 Å². The zero-order chi connectivity index (χ0) is 15.8. The van der Waals surface area contributed by atoms with Crippen LogP contribution >= 0.6 is 0 Å². The molecule has 21 heavy (non-hydrogen) atoms. The van der Waals surface area contributed by atoms with Crippen LogP contribution in [0.4, 0.5) is 4.79 Å². The highest BCUT2D eigenvalue weighted by atomic mass is 16.4. The summed E-state index contributed by atoms with van der Waals surface area (Å²) in [5, 5.41) is 11.9. The molecule has 1 aliphatic rings. The third kappa shape index (κ3) is 6.36. The van der Waals surface area contributed by atoms with Crippen molar-refractivity contribution in [3.05, 3.63) is 0 Å². The van der Waals surface area contributed by atoms with E-state index in [0.717, 1.165) is 19.3 Å². The fourth-order valence-electron chi connectivity index (χ4n) is 3.27. The fourth-order valence-corrected chi connectivity index (χ4v) is 3.27. The van der Waals surface area contributed by atoms with Crippen molar-refractivity contribution in [2.75, 3.05) is 13.1 Å². The molecule has 122 valence electrons. The van der Waals surface area contributed by atoms with E-state index >= 15 is 0 Å². The third-order valence-corrected chi connectivity index (χ3v) is 4.18. The summed E-state index contributed by atoms with van der Waals surface area (Å²) in [5.74, 6) is -0.352. The number of hydrogen-bond acceptors (Lipinski definition) is 2. The molecule has 0 bridgehead atoms. The van der Waals surface area contributed by atoms with Crippen LogP contribution < -0.4 is 5.32 Å². The minimum atomic E-state index is -0.793. The van der Waals surface area contributed by atoms with E-state index < -0.39 is 5.97 Å². The zero-order valence-electron chi connectivity index (χ0n) is 13.6. The first-order chi connectivity index (χ1) is 9.93. The number of nitrogens with zero attached hydrogens (tertiary/aromatic N) is 1. The predicted molar refractivity (Wildman–Crippen MR) is 83.2 cm³/mol. The Labute approximate surface area is 128 Å². The molecule has 0 heterocycles. The van der Waals surface area contributed by atoms with E-state index in [2.05, 4.69) is 19.2 Å². The molecule has 2 N–H and O–H groups in total. The molecular formula is C16H30N2O3. The maximum atomic E-state index is 12.3. The molecule has 2 amide bonds. The second-order valence-electron chi connectivity index (χ2n) is 6.50. The molecule has 0 aromatic rings. The average molecular weight is 298 g/mol. The average Bonchev–Trinajstić information content (AvgIpc) is 2.89. The second-order valence-corrected chi connectivity index (χ2v) is 6.50. The Bertz CT molecular complexity index is 338. The van der Waals surface area contributed by atoms with Crippen LogP contribution in [0.25, 0.3) is 0 Å². The molecule has 0 aliphatic heterocycles. The standard InChI is InChI=1S/C16H30N2O3/c1-4-18(14-7-5-6-8-14)16(21)17-11-13(9-12(2)3)10-15(19)20/h12-14H,4-11H2,1-3H3,(H,17,21)(H,19,20)/t13-/m0/s1. The molecule has 0 unspecified atom stereocenters. The molecule has 1 fully saturated rings. The van der Waals surface area contributed by atoms with Gasteiger partial charge in [-0.1, -0.05) is 26.7 Å². The van der Waals surface area contributed by atoms with Crippen LogP contribution in [0.5, 0.6) is 0 Å². The maximum Gasteiger partial charge on any atom is 0.317 e. The lowest BCUT2D eigenvalue weighted by atomic mass is 9.94. The van der Waals surface area contributed by atoms with Gasteiger partial charge in [0.05, 0.1) is 0 Å². The number of amides is 2. The predicted octanol–water partition coefficient (Wildman–Crippen LogP) is 3.10. The highest BCUT2D eigenvalue weighted by Crippen LogP contribution is 2.23. The molecule has 5 heteroatoms. The van der Waals surface area contributed by atoms with Crippen LogP contribution in [0.2, 0.25) is 0 Å². The van der Waals surface area contributed by atoms with Gasteiger partial charge in [-0.25, -0.2) is 4.79 Å². The van der Waals surface area contributed by atoms with Gasteiger partial charge in [-0.05, 0) is 38.0 Å². The minimum absolute atomic E-state index is 0.00809. The molecule has 1 rings (SSSR count). The number of carboxylic acids is 1. The molecule has 0 radical (unpaired) electrons. The first-order valence-corrected chi connectivity index (χ1v) is 8.20. The van der Waals surface area contributed by atoms with E-state index in [0.29, 0.717) is 25.0 Å². The van der Waals surface area contributed by atoms with Crippen molar-refractivity contribution in [2.24, 2.45) is 11.8 Å². The van der Waals surface area contributed by atoms with Gasteiger partial charge in [0.1, 0.15) is 0 Å². The molecule has 1 aliphatic carbocycles. The number of urea groups is 1. The summed E-state index contributed by atoms with van der Waals surface area (Å²) in [4.78, 5) is 25.1. The molecule has 1 atom stereocenters. The van der Waals surface area contributed by atoms with Gasteiger partial charge in [0.2, 0.25) is 0 Å². The van der Waals surface area contributed by atoms with Crippen molar-refractivity contribution in [3.63, 3.8) is 0 Å². The number of rotatable bonds is 8. The SMILES string of the molecule is CCN(C(=O)NC[C@H](CC(=O)O)CC(C)C)C1CCCC1. The Morgan fingerprint density at radius 3 is 2.38 bits per heavy atom. The monoisotopic (exact) mass is 298 g/mol. The summed E-state index contributed by atoms with van der Waals surface area (Å²) in [5.41, 5.74) is 0. The van der Waals surface area contributed by atoms with Crippen LogP contribution in [0.1, 0.15) is 59.3 Å². The Balaban J connectivity index is 2.48. The first-order valence-electron chi connectivity index (χ1n) is 8.20. The van der Waals surface area contributed by atoms with Crippen LogP contribution in [-0.4, -0.2) is 41.1 Å². The molecule has 0 aromatic heterocycles. The first kappa shape index (κ1) is 17.8. The number of aliphatic carboxylic acids is 1. The summed E-state index contributed by atoms with van der Waals surface area (Å²) < 4.78 is 0. The van der Waals surface area contributed by atoms with E-state index in [1.165, 1.54) is 12.8 Å². The molecule has 0 spiro atoms. The fraction of sp³-hybridized carbons (Fsp3) is 0.875. The van der Waals surface area contributed by atoms with Gasteiger partial charge in [-0.3, -0.25) is 4.79 Å². The van der Waals surface area contributed by atoms with Gasteiger partial charge >= 0.3 is 12.0 Å². The third-order valence-electron chi connectivity index (χ3n) is 4.18. The number of hydrogen-bond donors (Lipinski definition) is 2. The highest BCUT2D eigenvalue weighted by molar-refractivity contribution is 5.74. The summed E-state index contributed by atoms with van der Waals surface area (Å²) in [6, 6.07) is 0.321. The van der Waals surface area contributed by atoms with Gasteiger partial charge < -0.3 is 15.3 Å². The highest BCUT2D eigenvalue weighted by Gasteiger charge is 2.26. The number of carbonyl (C=O) groups is 2. The Morgan fingerprint density at radius 1 is 1.29 bits per heavy atom. The largest absolute Gasteiger partial charge is 0.481 e. The zero-order valence-corrected chi connectivity index (χ0v) is 13.6. The summed E-state index contributed by atoms with van der Waals surface area (Å²) >= 11 is 0. The van der Waals surface area contributed by atoms with Gasteiger partial charge in [0.25, 0.3) is 0 Å². The molecule has 1 saturated carbocycles. The van der Waals surface area contributed by atoms with Crippen molar-refractivity contribution in [3.8, 4) is 0 Å². The number of carbonyl (C=O) groups excluding carboxylic acids is 1. The van der Waals surface area contributed by atoms with E-state index in [4.69, 9.17) is 5.11 Å². The van der Waals surface area contributed by atoms with Crippen LogP contribution in [-0.2, 0) is 4.79 Å². The summed E-state index contributed by atoms with van der Waals surface area (Å²) in [6.45, 7) is 7.32. The van der Waals surface area contributed by atoms with E-state index in [1.807, 2.05) is 11.8 Å². The van der Waals surface area contributed by atoms with Crippen molar-refractivity contribution in [1.29, 1.82) is 0 Å². The molecular weight excluding hydrogens is 268 g/mol. The Hall–Kier alpha value is -1.26. The summed E-state index contributed by atoms with van der Waals surface area (Å²) in [7, 11) is 0. The van der Waals surface area contributed by atoms with Crippen molar-refractivity contribution in [1.82, 2.24) is 10.2 Å². The quantitative estimate of drug-likeness (QED) is 0.723. The van der Waals surface area contributed by atoms with Gasteiger partial charge in [-0.2, -0.15) is 0 Å². The van der Waals surface area contributed by atoms with E-state index in [1.54, 1.807) is 0 Å². The lowest BCUT2D eigenvalue weighted by Gasteiger charge is -2.29. The lowest BCUT2D eigenvalue weighted by Crippen LogP contribution is -2.46. The van der Waals surface area contributed by atoms with Crippen molar-refractivity contribution in [2.45, 2.75) is 65.3 Å². The van der Waals surface area contributed by atoms with Crippen LogP contribution in [0.15, 0.2) is 0 Å². The van der Waals surface area contributed by atoms with Gasteiger partial charge in [-0.15, -0.1) is 0 Å². The normalized spacial score (nSPS) is 17.0. The minimum Gasteiger partial charge on any atom is -0.481 e. The van der Waals surface area contributed by atoms with Crippen LogP contribution in [0, 0.1) is 11.8 Å².